The van der Waals surface area contributed by atoms with Crippen LogP contribution in [0.3, 0.4) is 0 Å². The summed E-state index contributed by atoms with van der Waals surface area (Å²) in [5, 5.41) is 17.4. The summed E-state index contributed by atoms with van der Waals surface area (Å²) in [5.41, 5.74) is 1.41. The minimum Gasteiger partial charge on any atom is -0.444 e. The Balaban J connectivity index is 1.96. The summed E-state index contributed by atoms with van der Waals surface area (Å²) in [6.45, 7) is 9.95. The first kappa shape index (κ1) is 28.7. The van der Waals surface area contributed by atoms with Crippen molar-refractivity contribution >= 4 is 34.4 Å². The SMILES string of the molecule is Cc1ccc(C(C(=O)Nc2ccc3ccccc3c2)N(C(=O)C(CO)NC(=O)OC(C)(C)C)C(C)C)cc1. The molecule has 202 valence electrons. The molecule has 8 heteroatoms. The minimum absolute atomic E-state index is 0.417. The summed E-state index contributed by atoms with van der Waals surface area (Å²) in [6, 6.07) is 18.0. The van der Waals surface area contributed by atoms with E-state index in [4.69, 9.17) is 4.74 Å². The zero-order valence-electron chi connectivity index (χ0n) is 22.8. The summed E-state index contributed by atoms with van der Waals surface area (Å²) in [5.74, 6) is -1.02. The van der Waals surface area contributed by atoms with Crippen LogP contribution in [0.4, 0.5) is 10.5 Å². The number of ether oxygens (including phenoxy) is 1. The number of rotatable bonds is 8. The normalized spacial score (nSPS) is 13.1. The molecule has 0 bridgehead atoms. The van der Waals surface area contributed by atoms with Crippen LogP contribution in [0.25, 0.3) is 10.8 Å². The number of carbonyl (C=O) groups is 3. The lowest BCUT2D eigenvalue weighted by atomic mass is 10.00. The van der Waals surface area contributed by atoms with Gasteiger partial charge in [0.1, 0.15) is 17.7 Å². The molecule has 3 aromatic carbocycles. The lowest BCUT2D eigenvalue weighted by Crippen LogP contribution is -2.55. The molecule has 0 spiro atoms. The number of aryl methyl sites for hydroxylation is 1. The highest BCUT2D eigenvalue weighted by atomic mass is 16.6. The predicted molar refractivity (Wildman–Crippen MR) is 149 cm³/mol. The van der Waals surface area contributed by atoms with E-state index in [0.29, 0.717) is 11.3 Å². The van der Waals surface area contributed by atoms with Gasteiger partial charge in [0.05, 0.1) is 6.61 Å². The van der Waals surface area contributed by atoms with Gasteiger partial charge in [-0.3, -0.25) is 9.59 Å². The van der Waals surface area contributed by atoms with Crippen molar-refractivity contribution in [1.82, 2.24) is 10.2 Å². The summed E-state index contributed by atoms with van der Waals surface area (Å²) >= 11 is 0. The van der Waals surface area contributed by atoms with Crippen molar-refractivity contribution in [1.29, 1.82) is 0 Å². The highest BCUT2D eigenvalue weighted by Gasteiger charge is 2.37. The van der Waals surface area contributed by atoms with Crippen LogP contribution in [0.5, 0.6) is 0 Å². The zero-order valence-corrected chi connectivity index (χ0v) is 22.8. The predicted octanol–water partition coefficient (Wildman–Crippen LogP) is 4.95. The van der Waals surface area contributed by atoms with Gasteiger partial charge in [-0.2, -0.15) is 0 Å². The molecule has 3 amide bonds. The number of amides is 3. The number of hydrogen-bond donors (Lipinski definition) is 3. The van der Waals surface area contributed by atoms with Crippen LogP contribution in [-0.4, -0.2) is 52.2 Å². The number of alkyl carbamates (subject to hydrolysis) is 1. The number of aliphatic hydroxyl groups is 1. The third-order valence-electron chi connectivity index (χ3n) is 5.92. The van der Waals surface area contributed by atoms with Crippen molar-refractivity contribution in [3.8, 4) is 0 Å². The second kappa shape index (κ2) is 12.1. The Morgan fingerprint density at radius 2 is 1.58 bits per heavy atom. The van der Waals surface area contributed by atoms with Crippen LogP contribution in [-0.2, 0) is 14.3 Å². The van der Waals surface area contributed by atoms with E-state index in [0.717, 1.165) is 16.3 Å². The fraction of sp³-hybridized carbons (Fsp3) is 0.367. The Morgan fingerprint density at radius 1 is 0.947 bits per heavy atom. The zero-order chi connectivity index (χ0) is 28.0. The van der Waals surface area contributed by atoms with E-state index in [1.165, 1.54) is 4.90 Å². The summed E-state index contributed by atoms with van der Waals surface area (Å²) in [6.07, 6.45) is -0.832. The Morgan fingerprint density at radius 3 is 2.16 bits per heavy atom. The molecule has 8 nitrogen and oxygen atoms in total. The number of carbonyl (C=O) groups excluding carboxylic acids is 3. The lowest BCUT2D eigenvalue weighted by Gasteiger charge is -2.37. The second-order valence-electron chi connectivity index (χ2n) is 10.6. The fourth-order valence-corrected chi connectivity index (χ4v) is 4.16. The second-order valence-corrected chi connectivity index (χ2v) is 10.6. The first-order chi connectivity index (χ1) is 17.9. The van der Waals surface area contributed by atoms with E-state index >= 15 is 0 Å². The van der Waals surface area contributed by atoms with Gasteiger partial charge in [-0.1, -0.05) is 60.2 Å². The van der Waals surface area contributed by atoms with Crippen molar-refractivity contribution in [3.05, 3.63) is 77.9 Å². The van der Waals surface area contributed by atoms with Crippen LogP contribution in [0, 0.1) is 6.92 Å². The highest BCUT2D eigenvalue weighted by molar-refractivity contribution is 6.00. The Labute approximate surface area is 224 Å². The molecular weight excluding hydrogens is 482 g/mol. The van der Waals surface area contributed by atoms with Gasteiger partial charge in [-0.15, -0.1) is 0 Å². The number of hydrogen-bond acceptors (Lipinski definition) is 5. The van der Waals surface area contributed by atoms with Crippen LogP contribution >= 0.6 is 0 Å². The van der Waals surface area contributed by atoms with Crippen molar-refractivity contribution in [2.45, 2.75) is 65.3 Å². The number of nitrogens with one attached hydrogen (secondary N) is 2. The first-order valence-corrected chi connectivity index (χ1v) is 12.7. The minimum atomic E-state index is -1.30. The maximum absolute atomic E-state index is 13.8. The Bertz CT molecular complexity index is 1280. The average molecular weight is 520 g/mol. The van der Waals surface area contributed by atoms with E-state index in [1.54, 1.807) is 46.8 Å². The van der Waals surface area contributed by atoms with Crippen molar-refractivity contribution in [2.24, 2.45) is 0 Å². The van der Waals surface area contributed by atoms with Gasteiger partial charge < -0.3 is 25.4 Å². The van der Waals surface area contributed by atoms with Crippen molar-refractivity contribution in [2.75, 3.05) is 11.9 Å². The largest absolute Gasteiger partial charge is 0.444 e. The molecule has 0 radical (unpaired) electrons. The number of anilines is 1. The highest BCUT2D eigenvalue weighted by Crippen LogP contribution is 2.28. The van der Waals surface area contributed by atoms with Gasteiger partial charge >= 0.3 is 6.09 Å². The summed E-state index contributed by atoms with van der Waals surface area (Å²) in [7, 11) is 0. The van der Waals surface area contributed by atoms with Crippen molar-refractivity contribution in [3.63, 3.8) is 0 Å². The fourth-order valence-electron chi connectivity index (χ4n) is 4.16. The molecule has 0 aliphatic heterocycles. The van der Waals surface area contributed by atoms with Gasteiger partial charge in [0.25, 0.3) is 5.91 Å². The Hall–Kier alpha value is -3.91. The first-order valence-electron chi connectivity index (χ1n) is 12.7. The molecule has 0 saturated heterocycles. The molecule has 2 unspecified atom stereocenters. The van der Waals surface area contributed by atoms with Crippen LogP contribution in [0.15, 0.2) is 66.7 Å². The third-order valence-corrected chi connectivity index (χ3v) is 5.92. The smallest absolute Gasteiger partial charge is 0.408 e. The number of nitrogens with zero attached hydrogens (tertiary/aromatic N) is 1. The molecule has 3 aromatic rings. The summed E-state index contributed by atoms with van der Waals surface area (Å²) < 4.78 is 5.27. The maximum atomic E-state index is 13.8. The molecular formula is C30H37N3O5. The topological polar surface area (TPSA) is 108 Å². The number of benzene rings is 3. The van der Waals surface area contributed by atoms with E-state index in [2.05, 4.69) is 10.6 Å². The maximum Gasteiger partial charge on any atom is 0.408 e. The van der Waals surface area contributed by atoms with Gasteiger partial charge in [0.15, 0.2) is 0 Å². The number of aliphatic hydroxyl groups excluding tert-OH is 1. The van der Waals surface area contributed by atoms with Gasteiger partial charge in [0.2, 0.25) is 5.91 Å². The molecule has 0 fully saturated rings. The monoisotopic (exact) mass is 519 g/mol. The molecule has 0 heterocycles. The molecule has 2 atom stereocenters. The van der Waals surface area contributed by atoms with Crippen LogP contribution in [0.2, 0.25) is 0 Å². The van der Waals surface area contributed by atoms with Crippen molar-refractivity contribution < 1.29 is 24.2 Å². The average Bonchev–Trinajstić information content (AvgIpc) is 2.84. The van der Waals surface area contributed by atoms with Gasteiger partial charge in [0, 0.05) is 11.7 Å². The lowest BCUT2D eigenvalue weighted by molar-refractivity contribution is -0.143. The standard InChI is InChI=1S/C30H37N3O5/c1-19(2)33(28(36)25(18-34)32-29(37)38-30(4,5)6)26(22-13-11-20(3)12-14-22)27(35)31-24-16-15-21-9-7-8-10-23(21)17-24/h7-17,19,25-26,34H,18H2,1-6H3,(H,31,35)(H,32,37). The molecule has 0 aliphatic rings. The van der Waals surface area contributed by atoms with E-state index in [1.807, 2.05) is 61.5 Å². The molecule has 3 N–H and O–H groups in total. The van der Waals surface area contributed by atoms with Gasteiger partial charge in [-0.05, 0) is 70.0 Å². The van der Waals surface area contributed by atoms with E-state index in [-0.39, 0.29) is 0 Å². The third kappa shape index (κ3) is 7.32. The molecule has 0 aliphatic carbocycles. The molecule has 0 saturated carbocycles. The van der Waals surface area contributed by atoms with Gasteiger partial charge in [-0.25, -0.2) is 4.79 Å². The molecule has 0 aromatic heterocycles. The van der Waals surface area contributed by atoms with Crippen LogP contribution in [0.1, 0.15) is 51.8 Å². The number of fused-ring (bicyclic) bond motifs is 1. The van der Waals surface area contributed by atoms with E-state index in [9.17, 15) is 19.5 Å². The molecule has 3 rings (SSSR count). The van der Waals surface area contributed by atoms with Crippen LogP contribution < -0.4 is 10.6 Å². The van der Waals surface area contributed by atoms with E-state index < -0.39 is 48.2 Å². The molecule has 38 heavy (non-hydrogen) atoms. The summed E-state index contributed by atoms with van der Waals surface area (Å²) in [4.78, 5) is 41.3. The quantitative estimate of drug-likeness (QED) is 0.390. The Kier molecular flexibility index (Phi) is 9.12.